The molecule has 0 unspecified atom stereocenters. The molecule has 0 radical (unpaired) electrons. The third-order valence-electron chi connectivity index (χ3n) is 3.43. The number of carbonyl (C=O) groups excluding carboxylic acids is 1. The Labute approximate surface area is 138 Å². The van der Waals surface area contributed by atoms with Crippen LogP contribution in [0.3, 0.4) is 0 Å². The summed E-state index contributed by atoms with van der Waals surface area (Å²) in [5, 5.41) is 2.77. The zero-order valence-electron chi connectivity index (χ0n) is 13.2. The normalized spacial score (nSPS) is 10.8. The van der Waals surface area contributed by atoms with E-state index >= 15 is 0 Å². The topological polar surface area (TPSA) is 79.9 Å². The second kappa shape index (κ2) is 7.08. The van der Waals surface area contributed by atoms with E-state index in [4.69, 9.17) is 4.74 Å². The highest BCUT2D eigenvalue weighted by atomic mass is 19.1. The Morgan fingerprint density at radius 2 is 2.21 bits per heavy atom. The Hall–Kier alpha value is -2.96. The van der Waals surface area contributed by atoms with Gasteiger partial charge in [0.15, 0.2) is 5.82 Å². The second-order valence-corrected chi connectivity index (χ2v) is 5.16. The van der Waals surface area contributed by atoms with Crippen molar-refractivity contribution in [3.05, 3.63) is 48.2 Å². The standard InChI is InChI=1S/C17H17FN4O2/c1-2-24-17-13(7-4-10-19-17)21-15(23)9-8-14-20-12-6-3-5-11(18)16(12)22-14/h3-7,10H,2,8-9H2,1H3,(H,20,22)(H,21,23). The van der Waals surface area contributed by atoms with Crippen molar-refractivity contribution in [3.8, 4) is 5.88 Å². The summed E-state index contributed by atoms with van der Waals surface area (Å²) in [7, 11) is 0. The number of benzene rings is 1. The van der Waals surface area contributed by atoms with Gasteiger partial charge in [-0.3, -0.25) is 4.79 Å². The number of aryl methyl sites for hydroxylation is 1. The monoisotopic (exact) mass is 328 g/mol. The molecular weight excluding hydrogens is 311 g/mol. The van der Waals surface area contributed by atoms with Gasteiger partial charge < -0.3 is 15.0 Å². The first-order chi connectivity index (χ1) is 11.7. The number of hydrogen-bond donors (Lipinski definition) is 2. The molecule has 6 nitrogen and oxygen atoms in total. The van der Waals surface area contributed by atoms with E-state index in [2.05, 4.69) is 20.3 Å². The van der Waals surface area contributed by atoms with Crippen LogP contribution in [0.4, 0.5) is 10.1 Å². The minimum Gasteiger partial charge on any atom is -0.476 e. The van der Waals surface area contributed by atoms with Crippen molar-refractivity contribution < 1.29 is 13.9 Å². The van der Waals surface area contributed by atoms with E-state index in [0.717, 1.165) is 0 Å². The molecule has 0 bridgehead atoms. The predicted molar refractivity (Wildman–Crippen MR) is 88.4 cm³/mol. The highest BCUT2D eigenvalue weighted by Gasteiger charge is 2.11. The van der Waals surface area contributed by atoms with Crippen LogP contribution >= 0.6 is 0 Å². The second-order valence-electron chi connectivity index (χ2n) is 5.16. The summed E-state index contributed by atoms with van der Waals surface area (Å²) < 4.78 is 19.0. The Morgan fingerprint density at radius 3 is 3.00 bits per heavy atom. The van der Waals surface area contributed by atoms with Crippen molar-refractivity contribution in [2.24, 2.45) is 0 Å². The molecule has 0 saturated carbocycles. The molecule has 3 rings (SSSR count). The van der Waals surface area contributed by atoms with Gasteiger partial charge in [-0.1, -0.05) is 6.07 Å². The molecule has 0 spiro atoms. The number of nitrogens with one attached hydrogen (secondary N) is 2. The van der Waals surface area contributed by atoms with Crippen LogP contribution in [0.1, 0.15) is 19.2 Å². The molecule has 0 aliphatic rings. The summed E-state index contributed by atoms with van der Waals surface area (Å²) >= 11 is 0. The van der Waals surface area contributed by atoms with Crippen molar-refractivity contribution >= 4 is 22.6 Å². The van der Waals surface area contributed by atoms with Crippen molar-refractivity contribution in [1.82, 2.24) is 15.0 Å². The molecule has 2 N–H and O–H groups in total. The number of carbonyl (C=O) groups is 1. The lowest BCUT2D eigenvalue weighted by molar-refractivity contribution is -0.116. The van der Waals surface area contributed by atoms with E-state index in [0.29, 0.717) is 41.5 Å². The van der Waals surface area contributed by atoms with Crippen LogP contribution in [0.5, 0.6) is 5.88 Å². The minimum atomic E-state index is -0.379. The van der Waals surface area contributed by atoms with Gasteiger partial charge in [-0.15, -0.1) is 0 Å². The number of H-pyrrole nitrogens is 1. The summed E-state index contributed by atoms with van der Waals surface area (Å²) in [4.78, 5) is 23.4. The smallest absolute Gasteiger partial charge is 0.237 e. The van der Waals surface area contributed by atoms with E-state index in [1.165, 1.54) is 6.07 Å². The number of amides is 1. The van der Waals surface area contributed by atoms with Crippen LogP contribution in [0.15, 0.2) is 36.5 Å². The lowest BCUT2D eigenvalue weighted by atomic mass is 10.2. The Morgan fingerprint density at radius 1 is 1.33 bits per heavy atom. The van der Waals surface area contributed by atoms with Gasteiger partial charge in [0.25, 0.3) is 0 Å². The highest BCUT2D eigenvalue weighted by molar-refractivity contribution is 5.92. The number of anilines is 1. The van der Waals surface area contributed by atoms with Gasteiger partial charge in [0.05, 0.1) is 12.1 Å². The first kappa shape index (κ1) is 15.9. The zero-order chi connectivity index (χ0) is 16.9. The Bertz CT molecular complexity index is 863. The lowest BCUT2D eigenvalue weighted by Crippen LogP contribution is -2.14. The maximum atomic E-state index is 13.6. The average molecular weight is 328 g/mol. The third-order valence-corrected chi connectivity index (χ3v) is 3.43. The Balaban J connectivity index is 1.64. The van der Waals surface area contributed by atoms with E-state index < -0.39 is 0 Å². The molecule has 24 heavy (non-hydrogen) atoms. The van der Waals surface area contributed by atoms with E-state index in [1.807, 2.05) is 6.92 Å². The maximum absolute atomic E-state index is 13.6. The molecule has 0 saturated heterocycles. The molecule has 7 heteroatoms. The van der Waals surface area contributed by atoms with Crippen LogP contribution in [0.25, 0.3) is 11.0 Å². The number of para-hydroxylation sites is 1. The molecule has 1 amide bonds. The van der Waals surface area contributed by atoms with E-state index in [1.54, 1.807) is 30.5 Å². The number of ether oxygens (including phenoxy) is 1. The number of pyridine rings is 1. The molecule has 2 heterocycles. The first-order valence-electron chi connectivity index (χ1n) is 7.68. The molecule has 1 aromatic carbocycles. The number of hydrogen-bond acceptors (Lipinski definition) is 4. The SMILES string of the molecule is CCOc1ncccc1NC(=O)CCc1nc2c(F)cccc2[nH]1. The quantitative estimate of drug-likeness (QED) is 0.729. The van der Waals surface area contributed by atoms with Gasteiger partial charge in [0, 0.05) is 19.0 Å². The lowest BCUT2D eigenvalue weighted by Gasteiger charge is -2.09. The molecule has 2 aromatic heterocycles. The largest absolute Gasteiger partial charge is 0.476 e. The molecule has 3 aromatic rings. The number of rotatable bonds is 6. The molecule has 124 valence electrons. The van der Waals surface area contributed by atoms with Crippen LogP contribution in [-0.4, -0.2) is 27.5 Å². The van der Waals surface area contributed by atoms with Crippen molar-refractivity contribution in [2.75, 3.05) is 11.9 Å². The van der Waals surface area contributed by atoms with Gasteiger partial charge in [0.2, 0.25) is 11.8 Å². The van der Waals surface area contributed by atoms with Crippen LogP contribution in [0.2, 0.25) is 0 Å². The fourth-order valence-corrected chi connectivity index (χ4v) is 2.35. The third kappa shape index (κ3) is 3.51. The van der Waals surface area contributed by atoms with Crippen molar-refractivity contribution in [1.29, 1.82) is 0 Å². The summed E-state index contributed by atoms with van der Waals surface area (Å²) in [5.74, 6) is 0.390. The molecule has 0 aliphatic heterocycles. The summed E-state index contributed by atoms with van der Waals surface area (Å²) in [6, 6.07) is 8.17. The molecular formula is C17H17FN4O2. The van der Waals surface area contributed by atoms with E-state index in [-0.39, 0.29) is 18.1 Å². The number of halogens is 1. The van der Waals surface area contributed by atoms with Crippen LogP contribution < -0.4 is 10.1 Å². The molecule has 0 aliphatic carbocycles. The van der Waals surface area contributed by atoms with Crippen molar-refractivity contribution in [3.63, 3.8) is 0 Å². The first-order valence-corrected chi connectivity index (χ1v) is 7.68. The van der Waals surface area contributed by atoms with Crippen LogP contribution in [0, 0.1) is 5.82 Å². The van der Waals surface area contributed by atoms with Gasteiger partial charge in [0.1, 0.15) is 17.0 Å². The van der Waals surface area contributed by atoms with Crippen LogP contribution in [-0.2, 0) is 11.2 Å². The van der Waals surface area contributed by atoms with Gasteiger partial charge in [-0.05, 0) is 31.2 Å². The fraction of sp³-hybridized carbons (Fsp3) is 0.235. The van der Waals surface area contributed by atoms with E-state index in [9.17, 15) is 9.18 Å². The van der Waals surface area contributed by atoms with Gasteiger partial charge >= 0.3 is 0 Å². The number of nitrogens with zero attached hydrogens (tertiary/aromatic N) is 2. The summed E-state index contributed by atoms with van der Waals surface area (Å²) in [5.41, 5.74) is 1.44. The number of fused-ring (bicyclic) bond motifs is 1. The number of aromatic amines is 1. The minimum absolute atomic E-state index is 0.190. The maximum Gasteiger partial charge on any atom is 0.237 e. The number of imidazole rings is 1. The zero-order valence-corrected chi connectivity index (χ0v) is 13.2. The number of aromatic nitrogens is 3. The molecule has 0 atom stereocenters. The molecule has 0 fully saturated rings. The van der Waals surface area contributed by atoms with Gasteiger partial charge in [-0.2, -0.15) is 0 Å². The summed E-state index contributed by atoms with van der Waals surface area (Å²) in [6.07, 6.45) is 2.19. The fourth-order valence-electron chi connectivity index (χ4n) is 2.35. The van der Waals surface area contributed by atoms with Crippen molar-refractivity contribution in [2.45, 2.75) is 19.8 Å². The Kier molecular flexibility index (Phi) is 4.69. The predicted octanol–water partition coefficient (Wildman–Crippen LogP) is 3.07. The highest BCUT2D eigenvalue weighted by Crippen LogP contribution is 2.21. The average Bonchev–Trinajstić information content (AvgIpc) is 3.00. The van der Waals surface area contributed by atoms with Gasteiger partial charge in [-0.25, -0.2) is 14.4 Å². The summed E-state index contributed by atoms with van der Waals surface area (Å²) in [6.45, 7) is 2.31.